The van der Waals surface area contributed by atoms with Gasteiger partial charge in [-0.05, 0) is 18.8 Å². The largest absolute Gasteiger partial charge is 0.309 e. The first-order valence-electron chi connectivity index (χ1n) is 5.29. The third kappa shape index (κ3) is 4.15. The molecule has 0 radical (unpaired) electrons. The number of hydrogen-bond acceptors (Lipinski definition) is 1. The molecule has 0 amide bonds. The Balaban J connectivity index is 2.21. The molecule has 0 heterocycles. The molecule has 2 heteroatoms. The van der Waals surface area contributed by atoms with Gasteiger partial charge in [-0.1, -0.05) is 44.4 Å². The van der Waals surface area contributed by atoms with Crippen LogP contribution in [-0.2, 0) is 0 Å². The first kappa shape index (κ1) is 11.1. The number of nitrogens with one attached hydrogen (secondary N) is 1. The molecule has 0 aromatic heterocycles. The summed E-state index contributed by atoms with van der Waals surface area (Å²) in [5, 5.41) is 4.17. The first-order valence-corrected chi connectivity index (χ1v) is 5.66. The number of halogens is 1. The van der Waals surface area contributed by atoms with Crippen molar-refractivity contribution in [3.8, 4) is 0 Å². The van der Waals surface area contributed by atoms with E-state index in [1.807, 2.05) is 0 Å². The predicted octanol–water partition coefficient (Wildman–Crippen LogP) is 3.30. The van der Waals surface area contributed by atoms with Crippen LogP contribution >= 0.6 is 11.6 Å². The van der Waals surface area contributed by atoms with Crippen LogP contribution in [0.4, 0.5) is 0 Å². The molecule has 1 N–H and O–H groups in total. The highest BCUT2D eigenvalue weighted by molar-refractivity contribution is 6.29. The maximum Gasteiger partial charge on any atom is 0.0310 e. The van der Waals surface area contributed by atoms with Gasteiger partial charge in [0.1, 0.15) is 0 Å². The maximum atomic E-state index is 5.71. The fourth-order valence-corrected chi connectivity index (χ4v) is 2.18. The molecule has 1 rings (SSSR count). The Morgan fingerprint density at radius 2 is 2.31 bits per heavy atom. The van der Waals surface area contributed by atoms with E-state index in [-0.39, 0.29) is 0 Å². The third-order valence-corrected chi connectivity index (χ3v) is 3.08. The van der Waals surface area contributed by atoms with Crippen LogP contribution in [0.25, 0.3) is 0 Å². The van der Waals surface area contributed by atoms with E-state index in [0.717, 1.165) is 17.5 Å². The van der Waals surface area contributed by atoms with E-state index in [0.29, 0.717) is 6.04 Å². The van der Waals surface area contributed by atoms with E-state index in [4.69, 9.17) is 11.6 Å². The molecule has 2 unspecified atom stereocenters. The van der Waals surface area contributed by atoms with Crippen molar-refractivity contribution in [1.82, 2.24) is 5.32 Å². The summed E-state index contributed by atoms with van der Waals surface area (Å²) in [5.74, 6) is 0.926. The second kappa shape index (κ2) is 5.66. The molecule has 1 saturated carbocycles. The van der Waals surface area contributed by atoms with Crippen LogP contribution in [0.1, 0.15) is 39.0 Å². The van der Waals surface area contributed by atoms with Crippen molar-refractivity contribution in [2.45, 2.75) is 45.1 Å². The second-order valence-corrected chi connectivity index (χ2v) is 4.57. The summed E-state index contributed by atoms with van der Waals surface area (Å²) < 4.78 is 0. The minimum atomic E-state index is 0.675. The molecule has 0 spiro atoms. The van der Waals surface area contributed by atoms with Crippen molar-refractivity contribution in [2.75, 3.05) is 6.54 Å². The number of hydrogen-bond donors (Lipinski definition) is 1. The Kier molecular flexibility index (Phi) is 4.82. The summed E-state index contributed by atoms with van der Waals surface area (Å²) in [4.78, 5) is 0. The van der Waals surface area contributed by atoms with Crippen LogP contribution in [0.15, 0.2) is 11.6 Å². The van der Waals surface area contributed by atoms with Crippen molar-refractivity contribution in [1.29, 1.82) is 0 Å². The van der Waals surface area contributed by atoms with Gasteiger partial charge in [0.15, 0.2) is 0 Å². The van der Waals surface area contributed by atoms with E-state index in [2.05, 4.69) is 18.8 Å². The molecule has 0 aliphatic heterocycles. The predicted molar refractivity (Wildman–Crippen MR) is 59.0 cm³/mol. The SMILES string of the molecule is C=C(Cl)CNC1CCCC(CC)C1. The van der Waals surface area contributed by atoms with Crippen molar-refractivity contribution in [3.63, 3.8) is 0 Å². The van der Waals surface area contributed by atoms with E-state index >= 15 is 0 Å². The molecule has 0 aromatic carbocycles. The molecule has 1 aliphatic carbocycles. The summed E-state index contributed by atoms with van der Waals surface area (Å²) in [6.07, 6.45) is 6.72. The van der Waals surface area contributed by atoms with Gasteiger partial charge < -0.3 is 5.32 Å². The monoisotopic (exact) mass is 201 g/mol. The fraction of sp³-hybridized carbons (Fsp3) is 0.818. The highest BCUT2D eigenvalue weighted by Crippen LogP contribution is 2.26. The summed E-state index contributed by atoms with van der Waals surface area (Å²) >= 11 is 5.71. The van der Waals surface area contributed by atoms with Crippen LogP contribution in [0, 0.1) is 5.92 Å². The van der Waals surface area contributed by atoms with Crippen molar-refractivity contribution in [2.24, 2.45) is 5.92 Å². The van der Waals surface area contributed by atoms with Crippen LogP contribution < -0.4 is 5.32 Å². The fourth-order valence-electron chi connectivity index (χ4n) is 2.10. The lowest BCUT2D eigenvalue weighted by atomic mass is 9.84. The van der Waals surface area contributed by atoms with Gasteiger partial charge in [0.2, 0.25) is 0 Å². The Morgan fingerprint density at radius 3 is 2.92 bits per heavy atom. The summed E-state index contributed by atoms with van der Waals surface area (Å²) in [5.41, 5.74) is 0. The molecule has 13 heavy (non-hydrogen) atoms. The number of rotatable bonds is 4. The molecule has 1 fully saturated rings. The zero-order valence-electron chi connectivity index (χ0n) is 8.48. The van der Waals surface area contributed by atoms with Gasteiger partial charge in [-0.25, -0.2) is 0 Å². The lowest BCUT2D eigenvalue weighted by Gasteiger charge is -2.29. The van der Waals surface area contributed by atoms with Crippen molar-refractivity contribution in [3.05, 3.63) is 11.6 Å². The maximum absolute atomic E-state index is 5.71. The molecule has 0 saturated heterocycles. The average molecular weight is 202 g/mol. The molecule has 2 atom stereocenters. The lowest BCUT2D eigenvalue weighted by Crippen LogP contribution is -2.34. The van der Waals surface area contributed by atoms with Gasteiger partial charge in [-0.3, -0.25) is 0 Å². The van der Waals surface area contributed by atoms with E-state index in [1.165, 1.54) is 32.1 Å². The molecule has 1 aliphatic rings. The first-order chi connectivity index (χ1) is 6.22. The minimum Gasteiger partial charge on any atom is -0.309 e. The lowest BCUT2D eigenvalue weighted by molar-refractivity contribution is 0.284. The zero-order valence-corrected chi connectivity index (χ0v) is 9.24. The normalized spacial score (nSPS) is 28.8. The third-order valence-electron chi connectivity index (χ3n) is 2.94. The summed E-state index contributed by atoms with van der Waals surface area (Å²) in [7, 11) is 0. The summed E-state index contributed by atoms with van der Waals surface area (Å²) in [6.45, 7) is 6.73. The zero-order chi connectivity index (χ0) is 9.68. The van der Waals surface area contributed by atoms with Crippen molar-refractivity contribution < 1.29 is 0 Å². The van der Waals surface area contributed by atoms with Gasteiger partial charge in [0, 0.05) is 17.6 Å². The highest BCUT2D eigenvalue weighted by atomic mass is 35.5. The van der Waals surface area contributed by atoms with Crippen LogP contribution in [0.3, 0.4) is 0 Å². The minimum absolute atomic E-state index is 0.675. The van der Waals surface area contributed by atoms with Gasteiger partial charge >= 0.3 is 0 Å². The Labute approximate surface area is 86.5 Å². The van der Waals surface area contributed by atoms with Crippen molar-refractivity contribution >= 4 is 11.6 Å². The molecular weight excluding hydrogens is 182 g/mol. The van der Waals surface area contributed by atoms with E-state index in [1.54, 1.807) is 0 Å². The quantitative estimate of drug-likeness (QED) is 0.736. The Bertz CT molecular complexity index is 167. The Hall–Kier alpha value is -0.0100. The van der Waals surface area contributed by atoms with Crippen LogP contribution in [-0.4, -0.2) is 12.6 Å². The molecule has 1 nitrogen and oxygen atoms in total. The van der Waals surface area contributed by atoms with Crippen LogP contribution in [0.2, 0.25) is 0 Å². The molecule has 76 valence electrons. The van der Waals surface area contributed by atoms with Gasteiger partial charge in [0.05, 0.1) is 0 Å². The topological polar surface area (TPSA) is 12.0 Å². The molecule has 0 aromatic rings. The molecule has 0 bridgehead atoms. The Morgan fingerprint density at radius 1 is 1.54 bits per heavy atom. The van der Waals surface area contributed by atoms with Gasteiger partial charge in [0.25, 0.3) is 0 Å². The average Bonchev–Trinajstić information content (AvgIpc) is 2.15. The van der Waals surface area contributed by atoms with E-state index in [9.17, 15) is 0 Å². The van der Waals surface area contributed by atoms with E-state index < -0.39 is 0 Å². The molecular formula is C11H20ClN. The van der Waals surface area contributed by atoms with Gasteiger partial charge in [-0.2, -0.15) is 0 Å². The highest BCUT2D eigenvalue weighted by Gasteiger charge is 2.19. The standard InChI is InChI=1S/C11H20ClN/c1-3-10-5-4-6-11(7-10)13-8-9(2)12/h10-11,13H,2-8H2,1H3. The second-order valence-electron chi connectivity index (χ2n) is 4.04. The summed E-state index contributed by atoms with van der Waals surface area (Å²) in [6, 6.07) is 0.675. The van der Waals surface area contributed by atoms with Gasteiger partial charge in [-0.15, -0.1) is 0 Å². The smallest absolute Gasteiger partial charge is 0.0310 e. The van der Waals surface area contributed by atoms with Crippen LogP contribution in [0.5, 0.6) is 0 Å².